The van der Waals surface area contributed by atoms with Crippen molar-refractivity contribution in [2.75, 3.05) is 6.61 Å². The highest BCUT2D eigenvalue weighted by Crippen LogP contribution is 2.11. The van der Waals surface area contributed by atoms with Crippen molar-refractivity contribution in [3.63, 3.8) is 0 Å². The summed E-state index contributed by atoms with van der Waals surface area (Å²) in [7, 11) is 0. The average Bonchev–Trinajstić information content (AvgIpc) is 2.93. The summed E-state index contributed by atoms with van der Waals surface area (Å²) in [5, 5.41) is 8.16. The maximum atomic E-state index is 5.48. The van der Waals surface area contributed by atoms with Gasteiger partial charge in [0.25, 0.3) is 0 Å². The van der Waals surface area contributed by atoms with Gasteiger partial charge in [0.05, 0.1) is 12.3 Å². The van der Waals surface area contributed by atoms with Crippen molar-refractivity contribution in [1.82, 2.24) is 25.0 Å². The molecule has 0 saturated heterocycles. The maximum absolute atomic E-state index is 5.48. The smallest absolute Gasteiger partial charge is 0.159 e. The van der Waals surface area contributed by atoms with Crippen LogP contribution in [0.2, 0.25) is 0 Å². The molecule has 0 atom stereocenters. The van der Waals surface area contributed by atoms with Crippen LogP contribution < -0.4 is 0 Å². The number of rotatable bonds is 6. The molecule has 0 fully saturated rings. The minimum atomic E-state index is 0.280. The van der Waals surface area contributed by atoms with Crippen LogP contribution in [0.15, 0.2) is 12.4 Å². The third-order valence-corrected chi connectivity index (χ3v) is 2.47. The van der Waals surface area contributed by atoms with Gasteiger partial charge in [-0.05, 0) is 27.2 Å². The SMILES string of the molecule is Cc1cnc(-c2cn(CCCOC(C)C)nn2)[nH]1. The molecule has 0 radical (unpaired) electrons. The molecule has 0 spiro atoms. The van der Waals surface area contributed by atoms with Crippen molar-refractivity contribution < 1.29 is 4.74 Å². The van der Waals surface area contributed by atoms with E-state index in [2.05, 4.69) is 20.3 Å². The van der Waals surface area contributed by atoms with Gasteiger partial charge in [0, 0.05) is 25.0 Å². The maximum Gasteiger partial charge on any atom is 0.159 e. The van der Waals surface area contributed by atoms with E-state index in [-0.39, 0.29) is 6.10 Å². The molecular weight excluding hydrogens is 230 g/mol. The highest BCUT2D eigenvalue weighted by molar-refractivity contribution is 5.46. The summed E-state index contributed by atoms with van der Waals surface area (Å²) >= 11 is 0. The van der Waals surface area contributed by atoms with Crippen LogP contribution in [-0.4, -0.2) is 37.7 Å². The van der Waals surface area contributed by atoms with E-state index in [9.17, 15) is 0 Å². The van der Waals surface area contributed by atoms with E-state index in [1.54, 1.807) is 6.20 Å². The van der Waals surface area contributed by atoms with Crippen molar-refractivity contribution >= 4 is 0 Å². The molecule has 0 unspecified atom stereocenters. The van der Waals surface area contributed by atoms with Gasteiger partial charge in [-0.3, -0.25) is 4.68 Å². The Morgan fingerprint density at radius 2 is 2.28 bits per heavy atom. The Hall–Kier alpha value is -1.69. The van der Waals surface area contributed by atoms with Gasteiger partial charge in [-0.2, -0.15) is 0 Å². The predicted octanol–water partition coefficient (Wildman–Crippen LogP) is 1.79. The molecule has 0 saturated carbocycles. The van der Waals surface area contributed by atoms with Crippen LogP contribution in [0.4, 0.5) is 0 Å². The summed E-state index contributed by atoms with van der Waals surface area (Å²) in [5.41, 5.74) is 1.79. The summed E-state index contributed by atoms with van der Waals surface area (Å²) in [6.07, 6.45) is 4.89. The molecule has 2 rings (SSSR count). The average molecular weight is 249 g/mol. The molecule has 0 bridgehead atoms. The Kier molecular flexibility index (Phi) is 4.09. The standard InChI is InChI=1S/C12H19N5O/c1-9(2)18-6-4-5-17-8-11(15-16-17)12-13-7-10(3)14-12/h7-9H,4-6H2,1-3H3,(H,13,14). The lowest BCUT2D eigenvalue weighted by Gasteiger charge is -2.06. The Morgan fingerprint density at radius 3 is 2.94 bits per heavy atom. The number of nitrogens with zero attached hydrogens (tertiary/aromatic N) is 4. The van der Waals surface area contributed by atoms with Crippen LogP contribution in [0, 0.1) is 6.92 Å². The van der Waals surface area contributed by atoms with E-state index in [1.807, 2.05) is 31.6 Å². The van der Waals surface area contributed by atoms with Crippen LogP contribution in [-0.2, 0) is 11.3 Å². The van der Waals surface area contributed by atoms with Gasteiger partial charge >= 0.3 is 0 Å². The van der Waals surface area contributed by atoms with Gasteiger partial charge in [0.2, 0.25) is 0 Å². The fraction of sp³-hybridized carbons (Fsp3) is 0.583. The number of imidazole rings is 1. The quantitative estimate of drug-likeness (QED) is 0.792. The monoisotopic (exact) mass is 249 g/mol. The van der Waals surface area contributed by atoms with E-state index in [0.717, 1.165) is 36.8 Å². The lowest BCUT2D eigenvalue weighted by atomic mass is 10.4. The minimum absolute atomic E-state index is 0.280. The zero-order valence-electron chi connectivity index (χ0n) is 11.1. The molecule has 2 heterocycles. The number of hydrogen-bond acceptors (Lipinski definition) is 4. The van der Waals surface area contributed by atoms with Crippen molar-refractivity contribution in [3.8, 4) is 11.5 Å². The molecule has 2 aromatic rings. The van der Waals surface area contributed by atoms with E-state index in [0.29, 0.717) is 0 Å². The first kappa shape index (κ1) is 12.8. The lowest BCUT2D eigenvalue weighted by molar-refractivity contribution is 0.0742. The van der Waals surface area contributed by atoms with Gasteiger partial charge in [0.1, 0.15) is 5.69 Å². The normalized spacial score (nSPS) is 11.3. The highest BCUT2D eigenvalue weighted by Gasteiger charge is 2.06. The first-order valence-corrected chi connectivity index (χ1v) is 6.19. The van der Waals surface area contributed by atoms with Crippen LogP contribution in [0.3, 0.4) is 0 Å². The van der Waals surface area contributed by atoms with Crippen LogP contribution in [0.1, 0.15) is 26.0 Å². The molecular formula is C12H19N5O. The molecule has 0 aliphatic rings. The van der Waals surface area contributed by atoms with Crippen molar-refractivity contribution in [3.05, 3.63) is 18.1 Å². The summed E-state index contributed by atoms with van der Waals surface area (Å²) in [6, 6.07) is 0. The van der Waals surface area contributed by atoms with Crippen LogP contribution >= 0.6 is 0 Å². The molecule has 2 aromatic heterocycles. The molecule has 0 aliphatic heterocycles. The topological polar surface area (TPSA) is 68.6 Å². The van der Waals surface area contributed by atoms with E-state index in [1.165, 1.54) is 0 Å². The Balaban J connectivity index is 1.86. The van der Waals surface area contributed by atoms with Gasteiger partial charge in [0.15, 0.2) is 5.82 Å². The molecule has 0 aliphatic carbocycles. The van der Waals surface area contributed by atoms with E-state index in [4.69, 9.17) is 4.74 Å². The fourth-order valence-corrected chi connectivity index (χ4v) is 1.60. The minimum Gasteiger partial charge on any atom is -0.379 e. The van der Waals surface area contributed by atoms with Crippen molar-refractivity contribution in [2.24, 2.45) is 0 Å². The van der Waals surface area contributed by atoms with Crippen LogP contribution in [0.25, 0.3) is 11.5 Å². The Morgan fingerprint density at radius 1 is 1.44 bits per heavy atom. The van der Waals surface area contributed by atoms with Crippen molar-refractivity contribution in [1.29, 1.82) is 0 Å². The lowest BCUT2D eigenvalue weighted by Crippen LogP contribution is -2.07. The third-order valence-electron chi connectivity index (χ3n) is 2.47. The predicted molar refractivity (Wildman–Crippen MR) is 68.0 cm³/mol. The third kappa shape index (κ3) is 3.40. The highest BCUT2D eigenvalue weighted by atomic mass is 16.5. The number of hydrogen-bond donors (Lipinski definition) is 1. The molecule has 6 nitrogen and oxygen atoms in total. The van der Waals surface area contributed by atoms with Gasteiger partial charge in [-0.25, -0.2) is 4.98 Å². The fourth-order valence-electron chi connectivity index (χ4n) is 1.60. The van der Waals surface area contributed by atoms with Gasteiger partial charge in [-0.1, -0.05) is 5.21 Å². The first-order valence-electron chi connectivity index (χ1n) is 6.19. The second kappa shape index (κ2) is 5.77. The summed E-state index contributed by atoms with van der Waals surface area (Å²) in [5.74, 6) is 0.761. The second-order valence-electron chi connectivity index (χ2n) is 4.55. The largest absolute Gasteiger partial charge is 0.379 e. The number of nitrogens with one attached hydrogen (secondary N) is 1. The molecule has 98 valence electrons. The molecule has 0 amide bonds. The number of H-pyrrole nitrogens is 1. The molecule has 6 heteroatoms. The number of aromatic nitrogens is 5. The zero-order chi connectivity index (χ0) is 13.0. The summed E-state index contributed by atoms with van der Waals surface area (Å²) in [4.78, 5) is 7.36. The zero-order valence-corrected chi connectivity index (χ0v) is 11.1. The Labute approximate surface area is 106 Å². The van der Waals surface area contributed by atoms with Crippen molar-refractivity contribution in [2.45, 2.75) is 39.8 Å². The molecule has 18 heavy (non-hydrogen) atoms. The van der Waals surface area contributed by atoms with Gasteiger partial charge < -0.3 is 9.72 Å². The summed E-state index contributed by atoms with van der Waals surface area (Å²) < 4.78 is 7.29. The number of ether oxygens (including phenoxy) is 1. The van der Waals surface area contributed by atoms with Gasteiger partial charge in [-0.15, -0.1) is 5.10 Å². The number of aryl methyl sites for hydroxylation is 2. The first-order chi connectivity index (χ1) is 8.65. The molecule has 1 N–H and O–H groups in total. The summed E-state index contributed by atoms with van der Waals surface area (Å²) in [6.45, 7) is 7.58. The number of aromatic amines is 1. The van der Waals surface area contributed by atoms with Crippen LogP contribution in [0.5, 0.6) is 0 Å². The Bertz CT molecular complexity index is 488. The van der Waals surface area contributed by atoms with E-state index >= 15 is 0 Å². The second-order valence-corrected chi connectivity index (χ2v) is 4.55. The molecule has 0 aromatic carbocycles. The van der Waals surface area contributed by atoms with E-state index < -0.39 is 0 Å².